The maximum absolute atomic E-state index is 13.4. The number of imidazole rings is 1. The summed E-state index contributed by atoms with van der Waals surface area (Å²) in [6.07, 6.45) is 1.65. The molecule has 5 aromatic rings. The SMILES string of the molecule is CCn1c(=O)c2c(ncn2Cc2cccc(C)c2)n(-c2cccc3ccccc23)c1=O. The lowest BCUT2D eigenvalue weighted by molar-refractivity contribution is 0.655. The Kier molecular flexibility index (Phi) is 4.55. The molecule has 0 saturated heterocycles. The average molecular weight is 410 g/mol. The molecule has 0 atom stereocenters. The molecule has 6 nitrogen and oxygen atoms in total. The van der Waals surface area contributed by atoms with Crippen molar-refractivity contribution in [2.75, 3.05) is 0 Å². The van der Waals surface area contributed by atoms with E-state index < -0.39 is 0 Å². The van der Waals surface area contributed by atoms with Gasteiger partial charge in [0, 0.05) is 18.5 Å². The van der Waals surface area contributed by atoms with Crippen molar-refractivity contribution in [2.24, 2.45) is 0 Å². The topological polar surface area (TPSA) is 61.8 Å². The van der Waals surface area contributed by atoms with Crippen LogP contribution in [0.3, 0.4) is 0 Å². The van der Waals surface area contributed by atoms with Crippen LogP contribution < -0.4 is 11.2 Å². The van der Waals surface area contributed by atoms with Gasteiger partial charge >= 0.3 is 5.69 Å². The molecular weight excluding hydrogens is 388 g/mol. The zero-order chi connectivity index (χ0) is 21.5. The van der Waals surface area contributed by atoms with Crippen molar-refractivity contribution >= 4 is 21.9 Å². The van der Waals surface area contributed by atoms with E-state index in [0.29, 0.717) is 17.7 Å². The summed E-state index contributed by atoms with van der Waals surface area (Å²) in [5, 5.41) is 1.96. The van der Waals surface area contributed by atoms with E-state index in [9.17, 15) is 9.59 Å². The first-order chi connectivity index (χ1) is 15.1. The Morgan fingerprint density at radius 1 is 0.935 bits per heavy atom. The first-order valence-corrected chi connectivity index (χ1v) is 10.3. The Morgan fingerprint density at radius 2 is 1.71 bits per heavy atom. The molecule has 0 saturated carbocycles. The number of fused-ring (bicyclic) bond motifs is 2. The van der Waals surface area contributed by atoms with Gasteiger partial charge in [0.1, 0.15) is 0 Å². The maximum atomic E-state index is 13.4. The molecule has 31 heavy (non-hydrogen) atoms. The second-order valence-corrected chi connectivity index (χ2v) is 7.70. The normalized spacial score (nSPS) is 11.4. The molecule has 0 N–H and O–H groups in total. The smallest absolute Gasteiger partial charge is 0.320 e. The van der Waals surface area contributed by atoms with Crippen LogP contribution in [0, 0.1) is 6.92 Å². The fraction of sp³-hybridized carbons (Fsp3) is 0.160. The highest BCUT2D eigenvalue weighted by Crippen LogP contribution is 2.23. The molecule has 6 heteroatoms. The molecule has 2 heterocycles. The van der Waals surface area contributed by atoms with Crippen molar-refractivity contribution in [1.82, 2.24) is 18.7 Å². The van der Waals surface area contributed by atoms with Gasteiger partial charge in [-0.3, -0.25) is 9.36 Å². The zero-order valence-electron chi connectivity index (χ0n) is 17.4. The van der Waals surface area contributed by atoms with E-state index in [4.69, 9.17) is 0 Å². The number of aryl methyl sites for hydroxylation is 1. The van der Waals surface area contributed by atoms with E-state index in [1.54, 1.807) is 10.9 Å². The summed E-state index contributed by atoms with van der Waals surface area (Å²) in [5.74, 6) is 0. The van der Waals surface area contributed by atoms with Crippen LogP contribution in [0.25, 0.3) is 27.6 Å². The molecule has 5 rings (SSSR count). The summed E-state index contributed by atoms with van der Waals surface area (Å²) >= 11 is 0. The third-order valence-corrected chi connectivity index (χ3v) is 5.66. The van der Waals surface area contributed by atoms with E-state index in [0.717, 1.165) is 27.6 Å². The first-order valence-electron chi connectivity index (χ1n) is 10.3. The van der Waals surface area contributed by atoms with Crippen molar-refractivity contribution in [3.05, 3.63) is 105 Å². The first kappa shape index (κ1) is 19.1. The summed E-state index contributed by atoms with van der Waals surface area (Å²) in [4.78, 5) is 31.2. The van der Waals surface area contributed by atoms with Crippen LogP contribution in [0.1, 0.15) is 18.1 Å². The molecule has 0 spiro atoms. The van der Waals surface area contributed by atoms with Crippen LogP contribution in [0.15, 0.2) is 82.6 Å². The van der Waals surface area contributed by atoms with Gasteiger partial charge in [-0.25, -0.2) is 14.3 Å². The minimum Gasteiger partial charge on any atom is -0.320 e. The monoisotopic (exact) mass is 410 g/mol. The van der Waals surface area contributed by atoms with Gasteiger partial charge in [0.25, 0.3) is 5.56 Å². The average Bonchev–Trinajstić information content (AvgIpc) is 3.18. The Bertz CT molecular complexity index is 1550. The minimum atomic E-state index is -0.378. The molecule has 0 amide bonds. The molecule has 0 aliphatic rings. The van der Waals surface area contributed by atoms with E-state index in [-0.39, 0.29) is 17.8 Å². The lowest BCUT2D eigenvalue weighted by atomic mass is 10.1. The van der Waals surface area contributed by atoms with Crippen LogP contribution in [0.5, 0.6) is 0 Å². The molecule has 0 unspecified atom stereocenters. The Labute approximate surface area is 178 Å². The number of nitrogens with zero attached hydrogens (tertiary/aromatic N) is 4. The van der Waals surface area contributed by atoms with Crippen molar-refractivity contribution in [2.45, 2.75) is 26.9 Å². The van der Waals surface area contributed by atoms with Crippen LogP contribution >= 0.6 is 0 Å². The van der Waals surface area contributed by atoms with E-state index >= 15 is 0 Å². The number of benzene rings is 3. The largest absolute Gasteiger partial charge is 0.337 e. The zero-order valence-corrected chi connectivity index (χ0v) is 17.4. The second-order valence-electron chi connectivity index (χ2n) is 7.70. The summed E-state index contributed by atoms with van der Waals surface area (Å²) < 4.78 is 4.67. The second kappa shape index (κ2) is 7.40. The van der Waals surface area contributed by atoms with E-state index in [2.05, 4.69) is 11.1 Å². The van der Waals surface area contributed by atoms with Crippen LogP contribution in [-0.4, -0.2) is 18.7 Å². The molecular formula is C25H22N4O2. The van der Waals surface area contributed by atoms with Crippen molar-refractivity contribution in [3.63, 3.8) is 0 Å². The predicted octanol–water partition coefficient (Wildman–Crippen LogP) is 3.88. The maximum Gasteiger partial charge on any atom is 0.337 e. The molecule has 3 aromatic carbocycles. The van der Waals surface area contributed by atoms with Gasteiger partial charge in [0.2, 0.25) is 0 Å². The molecule has 2 aromatic heterocycles. The van der Waals surface area contributed by atoms with Crippen LogP contribution in [0.4, 0.5) is 0 Å². The summed E-state index contributed by atoms with van der Waals surface area (Å²) in [5.41, 5.74) is 3.06. The molecule has 0 aliphatic carbocycles. The molecule has 0 fully saturated rings. The summed E-state index contributed by atoms with van der Waals surface area (Å²) in [6.45, 7) is 4.64. The van der Waals surface area contributed by atoms with Crippen molar-refractivity contribution in [3.8, 4) is 5.69 Å². The van der Waals surface area contributed by atoms with Crippen LogP contribution in [-0.2, 0) is 13.1 Å². The Morgan fingerprint density at radius 3 is 2.52 bits per heavy atom. The predicted molar refractivity (Wildman–Crippen MR) is 123 cm³/mol. The van der Waals surface area contributed by atoms with E-state index in [1.165, 1.54) is 4.57 Å². The third kappa shape index (κ3) is 3.08. The van der Waals surface area contributed by atoms with E-state index in [1.807, 2.05) is 79.1 Å². The van der Waals surface area contributed by atoms with Crippen molar-refractivity contribution in [1.29, 1.82) is 0 Å². The minimum absolute atomic E-state index is 0.286. The van der Waals surface area contributed by atoms with Gasteiger partial charge < -0.3 is 4.57 Å². The molecule has 0 bridgehead atoms. The molecule has 154 valence electrons. The van der Waals surface area contributed by atoms with Crippen LogP contribution in [0.2, 0.25) is 0 Å². The molecule has 0 radical (unpaired) electrons. The van der Waals surface area contributed by atoms with Gasteiger partial charge in [0.15, 0.2) is 11.2 Å². The van der Waals surface area contributed by atoms with Gasteiger partial charge in [0.05, 0.1) is 12.0 Å². The van der Waals surface area contributed by atoms with Gasteiger partial charge in [-0.15, -0.1) is 0 Å². The van der Waals surface area contributed by atoms with Gasteiger partial charge in [-0.05, 0) is 30.9 Å². The highest BCUT2D eigenvalue weighted by Gasteiger charge is 2.19. The fourth-order valence-electron chi connectivity index (χ4n) is 4.21. The highest BCUT2D eigenvalue weighted by molar-refractivity contribution is 5.91. The number of hydrogen-bond donors (Lipinski definition) is 0. The van der Waals surface area contributed by atoms with Crippen molar-refractivity contribution < 1.29 is 0 Å². The number of rotatable bonds is 4. The standard InChI is InChI=1S/C25H22N4O2/c1-3-28-24(30)22-23(26-16-27(22)15-18-9-6-8-17(2)14-18)29(25(28)31)21-13-7-11-19-10-4-5-12-20(19)21/h4-14,16H,3,15H2,1-2H3. The quantitative estimate of drug-likeness (QED) is 0.452. The number of hydrogen-bond acceptors (Lipinski definition) is 3. The lowest BCUT2D eigenvalue weighted by Crippen LogP contribution is -2.39. The summed E-state index contributed by atoms with van der Waals surface area (Å²) in [7, 11) is 0. The fourth-order valence-corrected chi connectivity index (χ4v) is 4.21. The summed E-state index contributed by atoms with van der Waals surface area (Å²) in [6, 6.07) is 21.9. The lowest BCUT2D eigenvalue weighted by Gasteiger charge is -2.13. The molecule has 0 aliphatic heterocycles. The van der Waals surface area contributed by atoms with Gasteiger partial charge in [-0.1, -0.05) is 66.2 Å². The Hall–Kier alpha value is -3.93. The Balaban J connectivity index is 1.83. The number of aromatic nitrogens is 4. The highest BCUT2D eigenvalue weighted by atomic mass is 16.2. The third-order valence-electron chi connectivity index (χ3n) is 5.66. The van der Waals surface area contributed by atoms with Gasteiger partial charge in [-0.2, -0.15) is 0 Å².